The van der Waals surface area contributed by atoms with E-state index in [-0.39, 0.29) is 11.8 Å². The summed E-state index contributed by atoms with van der Waals surface area (Å²) in [5.41, 5.74) is 2.60. The summed E-state index contributed by atoms with van der Waals surface area (Å²) < 4.78 is 0. The first-order valence-electron chi connectivity index (χ1n) is 4.73. The third-order valence-electron chi connectivity index (χ3n) is 2.50. The van der Waals surface area contributed by atoms with Crippen LogP contribution in [-0.4, -0.2) is 36.1 Å². The molecule has 0 saturated heterocycles. The Hall–Kier alpha value is -1.10. The molecule has 2 N–H and O–H groups in total. The van der Waals surface area contributed by atoms with E-state index in [1.807, 2.05) is 0 Å². The van der Waals surface area contributed by atoms with Crippen LogP contribution < -0.4 is 5.43 Å². The first-order chi connectivity index (χ1) is 6.52. The Balaban J connectivity index is 2.58. The van der Waals surface area contributed by atoms with Gasteiger partial charge in [0, 0.05) is 14.1 Å². The summed E-state index contributed by atoms with van der Waals surface area (Å²) in [5, 5.41) is 10.4. The molecule has 0 bridgehead atoms. The molecule has 0 spiro atoms. The molecule has 5 heteroatoms. The van der Waals surface area contributed by atoms with Crippen molar-refractivity contribution in [2.24, 2.45) is 11.8 Å². The molecule has 1 saturated carbocycles. The van der Waals surface area contributed by atoms with Crippen molar-refractivity contribution in [3.8, 4) is 0 Å². The van der Waals surface area contributed by atoms with Crippen LogP contribution in [0, 0.1) is 11.8 Å². The van der Waals surface area contributed by atoms with E-state index in [1.165, 1.54) is 0 Å². The standard InChI is InChI=1S/C9H16N2O3/c1-11(2)10-8(12)6-4-3-5-7(6)9(13)14/h6-7H,3-5H2,1-2H3,(H,10,12)(H,13,14). The normalized spacial score (nSPS) is 26.5. The lowest BCUT2D eigenvalue weighted by Crippen LogP contribution is -2.42. The van der Waals surface area contributed by atoms with Crippen LogP contribution in [0.3, 0.4) is 0 Å². The van der Waals surface area contributed by atoms with Gasteiger partial charge < -0.3 is 5.11 Å². The van der Waals surface area contributed by atoms with E-state index < -0.39 is 11.9 Å². The Labute approximate surface area is 83.1 Å². The number of aliphatic carboxylic acids is 1. The highest BCUT2D eigenvalue weighted by Crippen LogP contribution is 2.31. The summed E-state index contributed by atoms with van der Waals surface area (Å²) in [6.07, 6.45) is 2.11. The number of hydrogen-bond acceptors (Lipinski definition) is 3. The molecule has 0 aromatic carbocycles. The molecule has 80 valence electrons. The number of carbonyl (C=O) groups excluding carboxylic acids is 1. The van der Waals surface area contributed by atoms with Gasteiger partial charge in [-0.1, -0.05) is 6.42 Å². The van der Waals surface area contributed by atoms with E-state index in [4.69, 9.17) is 5.11 Å². The molecule has 1 aliphatic carbocycles. The van der Waals surface area contributed by atoms with Crippen LogP contribution in [0.5, 0.6) is 0 Å². The van der Waals surface area contributed by atoms with Crippen LogP contribution in [0.25, 0.3) is 0 Å². The second-order valence-corrected chi connectivity index (χ2v) is 3.85. The Kier molecular flexibility index (Phi) is 3.46. The van der Waals surface area contributed by atoms with Crippen molar-refractivity contribution < 1.29 is 14.7 Å². The van der Waals surface area contributed by atoms with Gasteiger partial charge >= 0.3 is 5.97 Å². The van der Waals surface area contributed by atoms with Gasteiger partial charge in [0.25, 0.3) is 0 Å². The second kappa shape index (κ2) is 4.41. The minimum atomic E-state index is -0.860. The van der Waals surface area contributed by atoms with Gasteiger partial charge in [0.15, 0.2) is 0 Å². The zero-order valence-electron chi connectivity index (χ0n) is 8.49. The number of nitrogens with one attached hydrogen (secondary N) is 1. The number of amides is 1. The van der Waals surface area contributed by atoms with E-state index in [2.05, 4.69) is 5.43 Å². The summed E-state index contributed by atoms with van der Waals surface area (Å²) in [6.45, 7) is 0. The van der Waals surface area contributed by atoms with E-state index in [1.54, 1.807) is 19.1 Å². The summed E-state index contributed by atoms with van der Waals surface area (Å²) in [7, 11) is 3.42. The molecule has 1 aliphatic rings. The molecule has 14 heavy (non-hydrogen) atoms. The number of rotatable bonds is 3. The van der Waals surface area contributed by atoms with Crippen LogP contribution in [0.1, 0.15) is 19.3 Å². The summed E-state index contributed by atoms with van der Waals surface area (Å²) in [6, 6.07) is 0. The number of hydrazine groups is 1. The maximum atomic E-state index is 11.6. The summed E-state index contributed by atoms with van der Waals surface area (Å²) in [5.74, 6) is -1.91. The molecule has 0 radical (unpaired) electrons. The predicted molar refractivity (Wildman–Crippen MR) is 50.3 cm³/mol. The van der Waals surface area contributed by atoms with Crippen LogP contribution in [0.15, 0.2) is 0 Å². The third-order valence-corrected chi connectivity index (χ3v) is 2.50. The molecule has 1 rings (SSSR count). The molecule has 0 aromatic heterocycles. The van der Waals surface area contributed by atoms with Crippen molar-refractivity contribution in [3.05, 3.63) is 0 Å². The van der Waals surface area contributed by atoms with Crippen molar-refractivity contribution in [2.75, 3.05) is 14.1 Å². The predicted octanol–water partition coefficient (Wildman–Crippen LogP) is 0.0801. The molecule has 0 aromatic rings. The van der Waals surface area contributed by atoms with E-state index in [9.17, 15) is 9.59 Å². The molecular weight excluding hydrogens is 184 g/mol. The van der Waals surface area contributed by atoms with Crippen molar-refractivity contribution in [3.63, 3.8) is 0 Å². The minimum Gasteiger partial charge on any atom is -0.481 e. The first kappa shape index (κ1) is 11.0. The lowest BCUT2D eigenvalue weighted by molar-refractivity contribution is -0.147. The Morgan fingerprint density at radius 2 is 1.86 bits per heavy atom. The summed E-state index contributed by atoms with van der Waals surface area (Å²) in [4.78, 5) is 22.4. The van der Waals surface area contributed by atoms with E-state index in [0.717, 1.165) is 6.42 Å². The third kappa shape index (κ3) is 2.45. The average molecular weight is 200 g/mol. The molecular formula is C9H16N2O3. The SMILES string of the molecule is CN(C)NC(=O)C1CCCC1C(=O)O. The highest BCUT2D eigenvalue weighted by Gasteiger charge is 2.37. The summed E-state index contributed by atoms with van der Waals surface area (Å²) >= 11 is 0. The van der Waals surface area contributed by atoms with Crippen LogP contribution in [0.4, 0.5) is 0 Å². The molecule has 2 atom stereocenters. The maximum absolute atomic E-state index is 11.6. The molecule has 0 heterocycles. The number of hydrogen-bond donors (Lipinski definition) is 2. The fourth-order valence-corrected chi connectivity index (χ4v) is 1.87. The first-order valence-corrected chi connectivity index (χ1v) is 4.73. The fourth-order valence-electron chi connectivity index (χ4n) is 1.87. The average Bonchev–Trinajstić information content (AvgIpc) is 2.49. The van der Waals surface area contributed by atoms with Gasteiger partial charge in [-0.3, -0.25) is 15.0 Å². The topological polar surface area (TPSA) is 69.6 Å². The van der Waals surface area contributed by atoms with Gasteiger partial charge in [-0.15, -0.1) is 0 Å². The minimum absolute atomic E-state index is 0.181. The molecule has 2 unspecified atom stereocenters. The maximum Gasteiger partial charge on any atom is 0.307 e. The van der Waals surface area contributed by atoms with Gasteiger partial charge in [0.2, 0.25) is 5.91 Å². The lowest BCUT2D eigenvalue weighted by atomic mass is 9.96. The van der Waals surface area contributed by atoms with E-state index in [0.29, 0.717) is 12.8 Å². The van der Waals surface area contributed by atoms with Crippen molar-refractivity contribution in [2.45, 2.75) is 19.3 Å². The van der Waals surface area contributed by atoms with Crippen molar-refractivity contribution >= 4 is 11.9 Å². The number of carbonyl (C=O) groups is 2. The molecule has 1 fully saturated rings. The quantitative estimate of drug-likeness (QED) is 0.633. The van der Waals surface area contributed by atoms with Gasteiger partial charge in [-0.05, 0) is 12.8 Å². The van der Waals surface area contributed by atoms with Crippen LogP contribution in [-0.2, 0) is 9.59 Å². The number of carboxylic acids is 1. The Morgan fingerprint density at radius 3 is 2.36 bits per heavy atom. The van der Waals surface area contributed by atoms with Gasteiger partial charge in [-0.25, -0.2) is 5.01 Å². The van der Waals surface area contributed by atoms with Crippen LogP contribution >= 0.6 is 0 Å². The van der Waals surface area contributed by atoms with Crippen LogP contribution in [0.2, 0.25) is 0 Å². The number of nitrogens with zero attached hydrogens (tertiary/aromatic N) is 1. The van der Waals surface area contributed by atoms with Gasteiger partial charge in [0.1, 0.15) is 0 Å². The molecule has 1 amide bonds. The zero-order valence-corrected chi connectivity index (χ0v) is 8.49. The van der Waals surface area contributed by atoms with Gasteiger partial charge in [0.05, 0.1) is 11.8 Å². The van der Waals surface area contributed by atoms with E-state index >= 15 is 0 Å². The Bertz CT molecular complexity index is 240. The molecule has 0 aliphatic heterocycles. The van der Waals surface area contributed by atoms with Gasteiger partial charge in [-0.2, -0.15) is 0 Å². The van der Waals surface area contributed by atoms with Crippen molar-refractivity contribution in [1.82, 2.24) is 10.4 Å². The Morgan fingerprint density at radius 1 is 1.29 bits per heavy atom. The highest BCUT2D eigenvalue weighted by atomic mass is 16.4. The monoisotopic (exact) mass is 200 g/mol. The second-order valence-electron chi connectivity index (χ2n) is 3.85. The highest BCUT2D eigenvalue weighted by molar-refractivity contribution is 5.84. The zero-order chi connectivity index (χ0) is 10.7. The number of carboxylic acid groups (broad SMARTS) is 1. The fraction of sp³-hybridized carbons (Fsp3) is 0.778. The van der Waals surface area contributed by atoms with Crippen molar-refractivity contribution in [1.29, 1.82) is 0 Å². The largest absolute Gasteiger partial charge is 0.481 e. The molecule has 5 nitrogen and oxygen atoms in total. The smallest absolute Gasteiger partial charge is 0.307 e. The lowest BCUT2D eigenvalue weighted by Gasteiger charge is -2.18.